The van der Waals surface area contributed by atoms with E-state index in [1.807, 2.05) is 0 Å². The van der Waals surface area contributed by atoms with Crippen molar-refractivity contribution in [3.8, 4) is 0 Å². The van der Waals surface area contributed by atoms with Crippen LogP contribution in [0, 0.1) is 0 Å². The van der Waals surface area contributed by atoms with Gasteiger partial charge < -0.3 is 0 Å². The molecular weight excluding hydrogens is 206 g/mol. The highest BCUT2D eigenvalue weighted by Crippen LogP contribution is 2.26. The summed E-state index contributed by atoms with van der Waals surface area (Å²) in [4.78, 5) is 4.86. The van der Waals surface area contributed by atoms with Crippen molar-refractivity contribution in [1.29, 1.82) is 0 Å². The Kier molecular flexibility index (Phi) is 2.62. The van der Waals surface area contributed by atoms with E-state index >= 15 is 0 Å². The molecule has 0 unspecified atom stereocenters. The second kappa shape index (κ2) is 4.14. The van der Waals surface area contributed by atoms with E-state index in [4.69, 9.17) is 4.98 Å². The van der Waals surface area contributed by atoms with Gasteiger partial charge in [0.05, 0.1) is 5.52 Å². The van der Waals surface area contributed by atoms with Crippen LogP contribution in [0.2, 0.25) is 0 Å². The number of aromatic nitrogens is 1. The van der Waals surface area contributed by atoms with Gasteiger partial charge in [-0.15, -0.1) is 0 Å². The number of rotatable bonds is 1. The lowest BCUT2D eigenvalue weighted by Crippen LogP contribution is -2.05. The van der Waals surface area contributed by atoms with Gasteiger partial charge >= 0.3 is 0 Å². The Bertz CT molecular complexity index is 555. The predicted octanol–water partition coefficient (Wildman–Crippen LogP) is 4.24. The molecule has 0 radical (unpaired) electrons. The van der Waals surface area contributed by atoms with Gasteiger partial charge in [-0.1, -0.05) is 26.0 Å². The van der Waals surface area contributed by atoms with E-state index < -0.39 is 0 Å². The minimum atomic E-state index is 0.581. The highest BCUT2D eigenvalue weighted by molar-refractivity contribution is 5.80. The molecule has 1 heteroatoms. The highest BCUT2D eigenvalue weighted by atomic mass is 14.7. The number of nitrogens with zero attached hydrogens (tertiary/aromatic N) is 1. The van der Waals surface area contributed by atoms with Crippen LogP contribution in [0.4, 0.5) is 0 Å². The molecule has 1 aliphatic rings. The molecule has 0 bridgehead atoms. The van der Waals surface area contributed by atoms with Crippen molar-refractivity contribution in [2.45, 2.75) is 45.4 Å². The average molecular weight is 225 g/mol. The van der Waals surface area contributed by atoms with Gasteiger partial charge in [0.15, 0.2) is 0 Å². The van der Waals surface area contributed by atoms with Crippen LogP contribution in [0.25, 0.3) is 10.9 Å². The molecule has 0 amide bonds. The van der Waals surface area contributed by atoms with Crippen LogP contribution >= 0.6 is 0 Å². The van der Waals surface area contributed by atoms with Crippen LogP contribution < -0.4 is 0 Å². The second-order valence-corrected chi connectivity index (χ2v) is 5.41. The van der Waals surface area contributed by atoms with Crippen LogP contribution in [-0.2, 0) is 12.8 Å². The van der Waals surface area contributed by atoms with Crippen molar-refractivity contribution in [3.63, 3.8) is 0 Å². The first-order valence-corrected chi connectivity index (χ1v) is 6.66. The molecule has 0 spiro atoms. The monoisotopic (exact) mass is 225 g/mol. The number of aryl methyl sites for hydroxylation is 2. The average Bonchev–Trinajstić information content (AvgIpc) is 2.35. The Morgan fingerprint density at radius 2 is 1.88 bits per heavy atom. The third-order valence-corrected chi connectivity index (χ3v) is 3.79. The van der Waals surface area contributed by atoms with Crippen LogP contribution in [0.15, 0.2) is 24.3 Å². The normalized spacial score (nSPS) is 15.2. The lowest BCUT2D eigenvalue weighted by atomic mass is 9.94. The summed E-state index contributed by atoms with van der Waals surface area (Å²) in [6.45, 7) is 4.47. The summed E-state index contributed by atoms with van der Waals surface area (Å²) < 4.78 is 0. The SMILES string of the molecule is CC(C)c1ccc2cc3c(nc2c1)CCCC3. The van der Waals surface area contributed by atoms with Crippen LogP contribution in [0.5, 0.6) is 0 Å². The van der Waals surface area contributed by atoms with Gasteiger partial charge in [0.25, 0.3) is 0 Å². The number of pyridine rings is 1. The van der Waals surface area contributed by atoms with Crippen LogP contribution in [-0.4, -0.2) is 4.98 Å². The molecule has 0 atom stereocenters. The van der Waals surface area contributed by atoms with Crippen molar-refractivity contribution in [3.05, 3.63) is 41.1 Å². The van der Waals surface area contributed by atoms with Crippen LogP contribution in [0.1, 0.15) is 49.4 Å². The van der Waals surface area contributed by atoms with Gasteiger partial charge in [-0.05, 0) is 54.9 Å². The number of benzene rings is 1. The smallest absolute Gasteiger partial charge is 0.0708 e. The first kappa shape index (κ1) is 10.8. The maximum Gasteiger partial charge on any atom is 0.0708 e. The number of hydrogen-bond acceptors (Lipinski definition) is 1. The van der Waals surface area contributed by atoms with Crippen molar-refractivity contribution in [2.24, 2.45) is 0 Å². The maximum atomic E-state index is 4.86. The summed E-state index contributed by atoms with van der Waals surface area (Å²) in [5.74, 6) is 0.581. The van der Waals surface area contributed by atoms with Gasteiger partial charge in [0.2, 0.25) is 0 Å². The van der Waals surface area contributed by atoms with E-state index in [1.165, 1.54) is 47.0 Å². The molecule has 3 rings (SSSR count). The first-order valence-electron chi connectivity index (χ1n) is 6.66. The van der Waals surface area contributed by atoms with E-state index in [0.29, 0.717) is 5.92 Å². The van der Waals surface area contributed by atoms with E-state index in [2.05, 4.69) is 38.1 Å². The Balaban J connectivity index is 2.16. The maximum absolute atomic E-state index is 4.86. The molecule has 88 valence electrons. The molecule has 1 aromatic heterocycles. The summed E-state index contributed by atoms with van der Waals surface area (Å²) in [7, 11) is 0. The molecule has 1 aromatic carbocycles. The van der Waals surface area contributed by atoms with Crippen molar-refractivity contribution in [1.82, 2.24) is 4.98 Å². The van der Waals surface area contributed by atoms with Gasteiger partial charge in [-0.25, -0.2) is 0 Å². The molecule has 17 heavy (non-hydrogen) atoms. The van der Waals surface area contributed by atoms with Crippen molar-refractivity contribution < 1.29 is 0 Å². The zero-order valence-corrected chi connectivity index (χ0v) is 10.7. The fourth-order valence-electron chi connectivity index (χ4n) is 2.67. The summed E-state index contributed by atoms with van der Waals surface area (Å²) in [5, 5.41) is 1.30. The number of fused-ring (bicyclic) bond motifs is 2. The predicted molar refractivity (Wildman–Crippen MR) is 72.5 cm³/mol. The van der Waals surface area contributed by atoms with Gasteiger partial charge in [-0.2, -0.15) is 0 Å². The zero-order chi connectivity index (χ0) is 11.8. The molecule has 0 fully saturated rings. The highest BCUT2D eigenvalue weighted by Gasteiger charge is 2.12. The van der Waals surface area contributed by atoms with Gasteiger partial charge in [-0.3, -0.25) is 4.98 Å². The fourth-order valence-corrected chi connectivity index (χ4v) is 2.67. The quantitative estimate of drug-likeness (QED) is 0.707. The Morgan fingerprint density at radius 1 is 1.06 bits per heavy atom. The second-order valence-electron chi connectivity index (χ2n) is 5.41. The largest absolute Gasteiger partial charge is 0.253 e. The zero-order valence-electron chi connectivity index (χ0n) is 10.7. The Labute approximate surface area is 103 Å². The lowest BCUT2D eigenvalue weighted by molar-refractivity contribution is 0.671. The van der Waals surface area contributed by atoms with E-state index in [1.54, 1.807) is 0 Å². The van der Waals surface area contributed by atoms with Crippen LogP contribution in [0.3, 0.4) is 0 Å². The minimum absolute atomic E-state index is 0.581. The van der Waals surface area contributed by atoms with E-state index in [0.717, 1.165) is 6.42 Å². The molecule has 1 aliphatic carbocycles. The standard InChI is InChI=1S/C16H19N/c1-11(2)12-7-8-14-9-13-5-3-4-6-15(13)17-16(14)10-12/h7-11H,3-6H2,1-2H3. The van der Waals surface area contributed by atoms with Crippen molar-refractivity contribution >= 4 is 10.9 Å². The fraction of sp³-hybridized carbons (Fsp3) is 0.438. The third kappa shape index (κ3) is 1.95. The Morgan fingerprint density at radius 3 is 2.71 bits per heavy atom. The number of hydrogen-bond donors (Lipinski definition) is 0. The molecule has 1 nitrogen and oxygen atoms in total. The molecular formula is C16H19N. The van der Waals surface area contributed by atoms with Gasteiger partial charge in [0, 0.05) is 11.1 Å². The summed E-state index contributed by atoms with van der Waals surface area (Å²) in [6.07, 6.45) is 5.00. The Hall–Kier alpha value is -1.37. The molecule has 2 aromatic rings. The summed E-state index contributed by atoms with van der Waals surface area (Å²) in [5.41, 5.74) is 5.38. The summed E-state index contributed by atoms with van der Waals surface area (Å²) >= 11 is 0. The molecule has 0 N–H and O–H groups in total. The minimum Gasteiger partial charge on any atom is -0.253 e. The first-order chi connectivity index (χ1) is 8.24. The molecule has 0 saturated heterocycles. The van der Waals surface area contributed by atoms with E-state index in [-0.39, 0.29) is 0 Å². The summed E-state index contributed by atoms with van der Waals surface area (Å²) in [6, 6.07) is 9.08. The topological polar surface area (TPSA) is 12.9 Å². The molecule has 0 aliphatic heterocycles. The molecule has 0 saturated carbocycles. The van der Waals surface area contributed by atoms with E-state index in [9.17, 15) is 0 Å². The molecule has 1 heterocycles. The third-order valence-electron chi connectivity index (χ3n) is 3.79. The van der Waals surface area contributed by atoms with Crippen molar-refractivity contribution in [2.75, 3.05) is 0 Å². The van der Waals surface area contributed by atoms with Gasteiger partial charge in [0.1, 0.15) is 0 Å². The lowest BCUT2D eigenvalue weighted by Gasteiger charge is -2.16.